The van der Waals surface area contributed by atoms with E-state index < -0.39 is 15.1 Å². The van der Waals surface area contributed by atoms with Gasteiger partial charge in [0.15, 0.2) is 9.84 Å². The van der Waals surface area contributed by atoms with Crippen LogP contribution in [0.15, 0.2) is 23.1 Å². The number of sulfone groups is 1. The number of hydrogen-bond acceptors (Lipinski definition) is 3. The molecule has 0 radical (unpaired) electrons. The van der Waals surface area contributed by atoms with Crippen molar-refractivity contribution in [3.63, 3.8) is 0 Å². The molecule has 0 aliphatic heterocycles. The SMILES string of the molecule is CCC1CCC(CN)C(S(=O)(=O)c2ccc(Cl)c(Cl)c2)C1. The van der Waals surface area contributed by atoms with Gasteiger partial charge in [0.2, 0.25) is 0 Å². The maximum atomic E-state index is 12.9. The monoisotopic (exact) mass is 349 g/mol. The molecule has 0 aromatic heterocycles. The molecule has 2 rings (SSSR count). The van der Waals surface area contributed by atoms with Gasteiger partial charge in [-0.15, -0.1) is 0 Å². The van der Waals surface area contributed by atoms with Gasteiger partial charge in [-0.3, -0.25) is 0 Å². The van der Waals surface area contributed by atoms with Gasteiger partial charge in [-0.2, -0.15) is 0 Å². The van der Waals surface area contributed by atoms with Gasteiger partial charge in [-0.05, 0) is 49.4 Å². The van der Waals surface area contributed by atoms with Crippen LogP contribution in [0.3, 0.4) is 0 Å². The molecule has 0 saturated heterocycles. The fourth-order valence-corrected chi connectivity index (χ4v) is 5.66. The van der Waals surface area contributed by atoms with Crippen molar-refractivity contribution in [3.8, 4) is 0 Å². The topological polar surface area (TPSA) is 60.2 Å². The summed E-state index contributed by atoms with van der Waals surface area (Å²) in [4.78, 5) is 0.247. The highest BCUT2D eigenvalue weighted by Crippen LogP contribution is 2.38. The van der Waals surface area contributed by atoms with Crippen LogP contribution in [-0.4, -0.2) is 20.2 Å². The number of halogens is 2. The normalized spacial score (nSPS) is 26.8. The lowest BCUT2D eigenvalue weighted by Crippen LogP contribution is -2.39. The summed E-state index contributed by atoms with van der Waals surface area (Å²) in [5, 5.41) is 0.212. The third kappa shape index (κ3) is 3.55. The van der Waals surface area contributed by atoms with E-state index in [1.807, 2.05) is 0 Å². The average molecular weight is 350 g/mol. The van der Waals surface area contributed by atoms with E-state index in [4.69, 9.17) is 28.9 Å². The van der Waals surface area contributed by atoms with E-state index in [0.717, 1.165) is 19.3 Å². The van der Waals surface area contributed by atoms with Crippen molar-refractivity contribution in [2.45, 2.75) is 42.8 Å². The Kier molecular flexibility index (Phi) is 5.58. The Morgan fingerprint density at radius 3 is 2.52 bits per heavy atom. The molecule has 2 N–H and O–H groups in total. The highest BCUT2D eigenvalue weighted by atomic mass is 35.5. The zero-order valence-corrected chi connectivity index (χ0v) is 14.4. The summed E-state index contributed by atoms with van der Waals surface area (Å²) in [7, 11) is -3.43. The van der Waals surface area contributed by atoms with Crippen LogP contribution >= 0.6 is 23.2 Å². The van der Waals surface area contributed by atoms with Crippen molar-refractivity contribution in [1.82, 2.24) is 0 Å². The summed E-state index contributed by atoms with van der Waals surface area (Å²) < 4.78 is 25.8. The fraction of sp³-hybridized carbons (Fsp3) is 0.600. The summed E-state index contributed by atoms with van der Waals surface area (Å²) >= 11 is 11.8. The Hall–Kier alpha value is -0.290. The van der Waals surface area contributed by atoms with Crippen molar-refractivity contribution in [2.75, 3.05) is 6.54 Å². The Bertz CT molecular complexity index is 604. The fourth-order valence-electron chi connectivity index (χ4n) is 3.12. The summed E-state index contributed by atoms with van der Waals surface area (Å²) in [6, 6.07) is 4.52. The van der Waals surface area contributed by atoms with Crippen LogP contribution < -0.4 is 5.73 Å². The first-order chi connectivity index (χ1) is 9.90. The first-order valence-electron chi connectivity index (χ1n) is 7.29. The van der Waals surface area contributed by atoms with Gasteiger partial charge in [0.05, 0.1) is 20.2 Å². The summed E-state index contributed by atoms with van der Waals surface area (Å²) in [6.07, 6.45) is 3.62. The molecule has 1 fully saturated rings. The van der Waals surface area contributed by atoms with Crippen molar-refractivity contribution in [2.24, 2.45) is 17.6 Å². The lowest BCUT2D eigenvalue weighted by atomic mass is 9.80. The molecule has 0 amide bonds. The van der Waals surface area contributed by atoms with E-state index in [2.05, 4.69) is 6.92 Å². The van der Waals surface area contributed by atoms with Crippen LogP contribution in [-0.2, 0) is 9.84 Å². The van der Waals surface area contributed by atoms with Gasteiger partial charge in [-0.1, -0.05) is 43.0 Å². The largest absolute Gasteiger partial charge is 0.330 e. The standard InChI is InChI=1S/C15H21Cl2NO2S/c1-2-10-3-4-11(9-18)15(7-10)21(19,20)12-5-6-13(16)14(17)8-12/h5-6,8,10-11,15H,2-4,7,9,18H2,1H3. The summed E-state index contributed by atoms with van der Waals surface area (Å²) in [6.45, 7) is 2.51. The predicted molar refractivity (Wildman–Crippen MR) is 87.6 cm³/mol. The molecule has 6 heteroatoms. The molecule has 0 spiro atoms. The van der Waals surface area contributed by atoms with Crippen molar-refractivity contribution >= 4 is 33.0 Å². The van der Waals surface area contributed by atoms with E-state index in [-0.39, 0.29) is 15.8 Å². The molecule has 0 bridgehead atoms. The summed E-state index contributed by atoms with van der Waals surface area (Å²) in [5.41, 5.74) is 5.80. The smallest absolute Gasteiger partial charge is 0.181 e. The van der Waals surface area contributed by atoms with Crippen LogP contribution in [0.25, 0.3) is 0 Å². The maximum Gasteiger partial charge on any atom is 0.181 e. The van der Waals surface area contributed by atoms with Crippen molar-refractivity contribution in [3.05, 3.63) is 28.2 Å². The van der Waals surface area contributed by atoms with Crippen LogP contribution in [0, 0.1) is 11.8 Å². The van der Waals surface area contributed by atoms with Crippen LogP contribution in [0.2, 0.25) is 10.0 Å². The Morgan fingerprint density at radius 1 is 1.24 bits per heavy atom. The molecule has 3 unspecified atom stereocenters. The van der Waals surface area contributed by atoms with Gasteiger partial charge < -0.3 is 5.73 Å². The molecule has 1 saturated carbocycles. The van der Waals surface area contributed by atoms with E-state index in [0.29, 0.717) is 23.9 Å². The molecule has 118 valence electrons. The molecule has 1 aliphatic carbocycles. The van der Waals surface area contributed by atoms with Gasteiger partial charge in [0.1, 0.15) is 0 Å². The molecule has 3 atom stereocenters. The van der Waals surface area contributed by atoms with Crippen LogP contribution in [0.4, 0.5) is 0 Å². The average Bonchev–Trinajstić information content (AvgIpc) is 2.49. The minimum absolute atomic E-state index is 0.0206. The minimum atomic E-state index is -3.43. The van der Waals surface area contributed by atoms with E-state index in [1.54, 1.807) is 0 Å². The molecule has 1 aliphatic rings. The zero-order valence-electron chi connectivity index (χ0n) is 12.1. The van der Waals surface area contributed by atoms with Crippen molar-refractivity contribution < 1.29 is 8.42 Å². The lowest BCUT2D eigenvalue weighted by molar-refractivity contribution is 0.275. The second-order valence-corrected chi connectivity index (χ2v) is 8.72. The summed E-state index contributed by atoms with van der Waals surface area (Å²) in [5.74, 6) is 0.475. The number of rotatable bonds is 4. The molecule has 21 heavy (non-hydrogen) atoms. The maximum absolute atomic E-state index is 12.9. The second-order valence-electron chi connectivity index (χ2n) is 5.74. The predicted octanol–water partition coefficient (Wildman–Crippen LogP) is 3.92. The molecule has 0 heterocycles. The molecular formula is C15H21Cl2NO2S. The van der Waals surface area contributed by atoms with E-state index in [9.17, 15) is 8.42 Å². The second kappa shape index (κ2) is 6.86. The molecule has 3 nitrogen and oxygen atoms in total. The van der Waals surface area contributed by atoms with E-state index >= 15 is 0 Å². The third-order valence-corrected chi connectivity index (χ3v) is 7.56. The number of nitrogens with two attached hydrogens (primary N) is 1. The zero-order chi connectivity index (χ0) is 15.6. The first-order valence-corrected chi connectivity index (χ1v) is 9.59. The van der Waals surface area contributed by atoms with Gasteiger partial charge in [-0.25, -0.2) is 8.42 Å². The van der Waals surface area contributed by atoms with Gasteiger partial charge in [0.25, 0.3) is 0 Å². The Balaban J connectivity index is 2.37. The Morgan fingerprint density at radius 2 is 1.95 bits per heavy atom. The number of benzene rings is 1. The first kappa shape index (κ1) is 17.1. The third-order valence-electron chi connectivity index (χ3n) is 4.54. The molecular weight excluding hydrogens is 329 g/mol. The molecule has 1 aromatic rings. The highest BCUT2D eigenvalue weighted by molar-refractivity contribution is 7.92. The minimum Gasteiger partial charge on any atom is -0.330 e. The highest BCUT2D eigenvalue weighted by Gasteiger charge is 2.38. The quantitative estimate of drug-likeness (QED) is 0.895. The number of hydrogen-bond donors (Lipinski definition) is 1. The van der Waals surface area contributed by atoms with Gasteiger partial charge >= 0.3 is 0 Å². The molecule has 1 aromatic carbocycles. The Labute approximate surface area is 136 Å². The van der Waals surface area contributed by atoms with Crippen LogP contribution in [0.5, 0.6) is 0 Å². The van der Waals surface area contributed by atoms with Crippen LogP contribution in [0.1, 0.15) is 32.6 Å². The van der Waals surface area contributed by atoms with Gasteiger partial charge in [0, 0.05) is 0 Å². The van der Waals surface area contributed by atoms with Crippen molar-refractivity contribution in [1.29, 1.82) is 0 Å². The van der Waals surface area contributed by atoms with E-state index in [1.165, 1.54) is 18.2 Å². The lowest BCUT2D eigenvalue weighted by Gasteiger charge is -2.35.